The van der Waals surface area contributed by atoms with Crippen LogP contribution < -0.4 is 0 Å². The standard InChI is InChI=1S/C8H6N2O3/c9-4-3-6-5-7(11)1-2-8(6)10(12)13/h1-2,5,11H,3H2. The molecule has 0 bridgehead atoms. The third kappa shape index (κ3) is 1.93. The summed E-state index contributed by atoms with van der Waals surface area (Å²) in [7, 11) is 0. The highest BCUT2D eigenvalue weighted by Crippen LogP contribution is 2.23. The Morgan fingerprint density at radius 3 is 2.85 bits per heavy atom. The number of nitro groups is 1. The van der Waals surface area contributed by atoms with E-state index in [-0.39, 0.29) is 23.4 Å². The number of rotatable bonds is 2. The number of nitro benzene ring substituents is 1. The van der Waals surface area contributed by atoms with Gasteiger partial charge in [0, 0.05) is 11.6 Å². The minimum Gasteiger partial charge on any atom is -0.508 e. The summed E-state index contributed by atoms with van der Waals surface area (Å²) in [4.78, 5) is 9.85. The summed E-state index contributed by atoms with van der Waals surface area (Å²) < 4.78 is 0. The van der Waals surface area contributed by atoms with Crippen LogP contribution in [0.5, 0.6) is 5.75 Å². The molecule has 0 saturated carbocycles. The summed E-state index contributed by atoms with van der Waals surface area (Å²) in [5, 5.41) is 27.8. The van der Waals surface area contributed by atoms with E-state index in [2.05, 4.69) is 0 Å². The van der Waals surface area contributed by atoms with E-state index in [0.717, 1.165) is 0 Å². The largest absolute Gasteiger partial charge is 0.508 e. The van der Waals surface area contributed by atoms with Gasteiger partial charge in [0.05, 0.1) is 17.4 Å². The van der Waals surface area contributed by atoms with Crippen LogP contribution in [-0.4, -0.2) is 10.0 Å². The van der Waals surface area contributed by atoms with Crippen LogP contribution in [0.15, 0.2) is 18.2 Å². The van der Waals surface area contributed by atoms with Crippen LogP contribution >= 0.6 is 0 Å². The molecule has 0 aliphatic heterocycles. The molecule has 0 amide bonds. The van der Waals surface area contributed by atoms with Crippen molar-refractivity contribution in [2.24, 2.45) is 0 Å². The van der Waals surface area contributed by atoms with E-state index < -0.39 is 4.92 Å². The quantitative estimate of drug-likeness (QED) is 0.547. The first-order valence-corrected chi connectivity index (χ1v) is 3.48. The Labute approximate surface area is 74.0 Å². The van der Waals surface area contributed by atoms with Crippen molar-refractivity contribution in [2.75, 3.05) is 0 Å². The Bertz CT molecular complexity index is 381. The molecule has 1 aromatic carbocycles. The fraction of sp³-hybridized carbons (Fsp3) is 0.125. The van der Waals surface area contributed by atoms with Crippen LogP contribution in [-0.2, 0) is 6.42 Å². The number of nitriles is 1. The van der Waals surface area contributed by atoms with E-state index in [1.807, 2.05) is 0 Å². The molecular formula is C8H6N2O3. The summed E-state index contributed by atoms with van der Waals surface area (Å²) in [6.07, 6.45) is -0.0787. The Kier molecular flexibility index (Phi) is 2.45. The van der Waals surface area contributed by atoms with Gasteiger partial charge in [-0.1, -0.05) is 0 Å². The van der Waals surface area contributed by atoms with Gasteiger partial charge >= 0.3 is 0 Å². The molecule has 1 rings (SSSR count). The molecule has 0 radical (unpaired) electrons. The summed E-state index contributed by atoms with van der Waals surface area (Å²) in [5.41, 5.74) is 0.0897. The van der Waals surface area contributed by atoms with Crippen molar-refractivity contribution in [1.29, 1.82) is 5.26 Å². The Morgan fingerprint density at radius 1 is 1.62 bits per heavy atom. The fourth-order valence-corrected chi connectivity index (χ4v) is 0.977. The lowest BCUT2D eigenvalue weighted by molar-refractivity contribution is -0.385. The fourth-order valence-electron chi connectivity index (χ4n) is 0.977. The lowest BCUT2D eigenvalue weighted by Gasteiger charge is -1.98. The highest BCUT2D eigenvalue weighted by Gasteiger charge is 2.12. The van der Waals surface area contributed by atoms with Crippen molar-refractivity contribution in [3.05, 3.63) is 33.9 Å². The second kappa shape index (κ2) is 3.54. The van der Waals surface area contributed by atoms with Gasteiger partial charge in [0.15, 0.2) is 0 Å². The topological polar surface area (TPSA) is 87.2 Å². The third-order valence-electron chi connectivity index (χ3n) is 1.53. The highest BCUT2D eigenvalue weighted by molar-refractivity contribution is 5.45. The van der Waals surface area contributed by atoms with Gasteiger partial charge in [-0.05, 0) is 12.1 Å². The Balaban J connectivity index is 3.20. The predicted octanol–water partition coefficient (Wildman–Crippen LogP) is 1.37. The monoisotopic (exact) mass is 178 g/mol. The van der Waals surface area contributed by atoms with Crippen LogP contribution in [0.3, 0.4) is 0 Å². The van der Waals surface area contributed by atoms with Crippen molar-refractivity contribution in [3.8, 4) is 11.8 Å². The van der Waals surface area contributed by atoms with Crippen molar-refractivity contribution >= 4 is 5.69 Å². The van der Waals surface area contributed by atoms with Gasteiger partial charge in [-0.25, -0.2) is 0 Å². The molecule has 13 heavy (non-hydrogen) atoms. The van der Waals surface area contributed by atoms with Crippen molar-refractivity contribution in [1.82, 2.24) is 0 Å². The van der Waals surface area contributed by atoms with Gasteiger partial charge in [-0.3, -0.25) is 10.1 Å². The summed E-state index contributed by atoms with van der Waals surface area (Å²) >= 11 is 0. The van der Waals surface area contributed by atoms with Crippen LogP contribution in [0, 0.1) is 21.4 Å². The van der Waals surface area contributed by atoms with Crippen molar-refractivity contribution in [2.45, 2.75) is 6.42 Å². The molecule has 0 fully saturated rings. The Morgan fingerprint density at radius 2 is 2.31 bits per heavy atom. The average molecular weight is 178 g/mol. The zero-order chi connectivity index (χ0) is 9.84. The van der Waals surface area contributed by atoms with E-state index >= 15 is 0 Å². The van der Waals surface area contributed by atoms with Crippen molar-refractivity contribution in [3.63, 3.8) is 0 Å². The second-order valence-corrected chi connectivity index (χ2v) is 2.41. The highest BCUT2D eigenvalue weighted by atomic mass is 16.6. The molecule has 66 valence electrons. The SMILES string of the molecule is N#CCc1cc(O)ccc1[N+](=O)[O-]. The maximum atomic E-state index is 10.4. The lowest BCUT2D eigenvalue weighted by Crippen LogP contribution is -1.93. The average Bonchev–Trinajstić information content (AvgIpc) is 2.04. The van der Waals surface area contributed by atoms with E-state index in [1.165, 1.54) is 18.2 Å². The first kappa shape index (κ1) is 9.00. The number of hydrogen-bond donors (Lipinski definition) is 1. The zero-order valence-electron chi connectivity index (χ0n) is 6.60. The van der Waals surface area contributed by atoms with Crippen LogP contribution in [0.2, 0.25) is 0 Å². The van der Waals surface area contributed by atoms with Gasteiger partial charge in [-0.15, -0.1) is 0 Å². The van der Waals surface area contributed by atoms with E-state index in [1.54, 1.807) is 6.07 Å². The molecule has 0 atom stereocenters. The van der Waals surface area contributed by atoms with Gasteiger partial charge in [0.25, 0.3) is 5.69 Å². The molecule has 5 heteroatoms. The first-order valence-electron chi connectivity index (χ1n) is 3.48. The molecule has 0 spiro atoms. The number of benzene rings is 1. The van der Waals surface area contributed by atoms with E-state index in [9.17, 15) is 10.1 Å². The molecule has 1 N–H and O–H groups in total. The minimum atomic E-state index is -0.577. The van der Waals surface area contributed by atoms with Gasteiger partial charge in [-0.2, -0.15) is 5.26 Å². The number of nitrogens with zero attached hydrogens (tertiary/aromatic N) is 2. The van der Waals surface area contributed by atoms with Crippen LogP contribution in [0.25, 0.3) is 0 Å². The molecule has 5 nitrogen and oxygen atoms in total. The lowest BCUT2D eigenvalue weighted by atomic mass is 10.1. The van der Waals surface area contributed by atoms with Gasteiger partial charge in [0.1, 0.15) is 5.75 Å². The second-order valence-electron chi connectivity index (χ2n) is 2.41. The van der Waals surface area contributed by atoms with Gasteiger partial charge in [0.2, 0.25) is 0 Å². The zero-order valence-corrected chi connectivity index (χ0v) is 6.60. The molecule has 0 aliphatic carbocycles. The number of aromatic hydroxyl groups is 1. The third-order valence-corrected chi connectivity index (χ3v) is 1.53. The number of phenolic OH excluding ortho intramolecular Hbond substituents is 1. The molecular weight excluding hydrogens is 172 g/mol. The number of phenols is 1. The summed E-state index contributed by atoms with van der Waals surface area (Å²) in [6.45, 7) is 0. The molecule has 0 aromatic heterocycles. The molecule has 0 unspecified atom stereocenters. The van der Waals surface area contributed by atoms with E-state index in [0.29, 0.717) is 0 Å². The number of hydrogen-bond acceptors (Lipinski definition) is 4. The normalized spacial score (nSPS) is 9.15. The van der Waals surface area contributed by atoms with Crippen molar-refractivity contribution < 1.29 is 10.0 Å². The van der Waals surface area contributed by atoms with Crippen LogP contribution in [0.1, 0.15) is 5.56 Å². The maximum absolute atomic E-state index is 10.4. The maximum Gasteiger partial charge on any atom is 0.273 e. The molecule has 0 saturated heterocycles. The summed E-state index contributed by atoms with van der Waals surface area (Å²) in [5.74, 6) is -0.0733. The predicted molar refractivity (Wildman–Crippen MR) is 44.1 cm³/mol. The first-order chi connectivity index (χ1) is 6.15. The Hall–Kier alpha value is -2.09. The minimum absolute atomic E-state index is 0.0733. The summed E-state index contributed by atoms with van der Waals surface area (Å²) in [6, 6.07) is 5.42. The molecule has 1 aromatic rings. The molecule has 0 aliphatic rings. The van der Waals surface area contributed by atoms with Gasteiger partial charge < -0.3 is 5.11 Å². The van der Waals surface area contributed by atoms with Crippen LogP contribution in [0.4, 0.5) is 5.69 Å². The van der Waals surface area contributed by atoms with E-state index in [4.69, 9.17) is 10.4 Å². The smallest absolute Gasteiger partial charge is 0.273 e. The molecule has 0 heterocycles.